The lowest BCUT2D eigenvalue weighted by Gasteiger charge is -2.15. The zero-order valence-corrected chi connectivity index (χ0v) is 11.2. The largest absolute Gasteiger partial charge is 0.347 e. The minimum atomic E-state index is -0.655. The number of nitriles is 1. The summed E-state index contributed by atoms with van der Waals surface area (Å²) in [5, 5.41) is 9.05. The Morgan fingerprint density at radius 2 is 2.05 bits per heavy atom. The highest BCUT2D eigenvalue weighted by molar-refractivity contribution is 5.50. The van der Waals surface area contributed by atoms with E-state index in [9.17, 15) is 9.59 Å². The van der Waals surface area contributed by atoms with Crippen molar-refractivity contribution in [1.29, 1.82) is 5.26 Å². The molecule has 0 amide bonds. The lowest BCUT2D eigenvalue weighted by atomic mass is 10.2. The predicted octanol–water partition coefficient (Wildman–Crippen LogP) is 1.15. The monoisotopic (exact) mass is 270 g/mol. The first-order chi connectivity index (χ1) is 9.58. The molecule has 0 spiro atoms. The summed E-state index contributed by atoms with van der Waals surface area (Å²) in [4.78, 5) is 25.7. The Morgan fingerprint density at radius 3 is 2.65 bits per heavy atom. The van der Waals surface area contributed by atoms with Crippen LogP contribution in [0.25, 0.3) is 0 Å². The van der Waals surface area contributed by atoms with E-state index in [0.29, 0.717) is 12.1 Å². The molecule has 6 heteroatoms. The molecule has 1 aromatic heterocycles. The quantitative estimate of drug-likeness (QED) is 0.875. The Labute approximate surface area is 115 Å². The number of benzene rings is 1. The Hall–Kier alpha value is -2.81. The first-order valence-electron chi connectivity index (χ1n) is 6.19. The molecule has 2 N–H and O–H groups in total. The summed E-state index contributed by atoms with van der Waals surface area (Å²) in [5.41, 5.74) is 3.70. The molecule has 0 aliphatic rings. The molecule has 2 aromatic rings. The molecule has 6 nitrogen and oxygen atoms in total. The van der Waals surface area contributed by atoms with Gasteiger partial charge in [0.05, 0.1) is 11.4 Å². The van der Waals surface area contributed by atoms with Crippen molar-refractivity contribution in [3.63, 3.8) is 0 Å². The van der Waals surface area contributed by atoms with Crippen molar-refractivity contribution < 1.29 is 0 Å². The number of nitrogens with one attached hydrogen (secondary N) is 2. The predicted molar refractivity (Wildman–Crippen MR) is 75.6 cm³/mol. The average Bonchev–Trinajstić information content (AvgIpc) is 2.43. The summed E-state index contributed by atoms with van der Waals surface area (Å²) in [6.07, 6.45) is 0.390. The van der Waals surface area contributed by atoms with Crippen LogP contribution in [0.1, 0.15) is 23.7 Å². The summed E-state index contributed by atoms with van der Waals surface area (Å²) in [6.45, 7) is 3.68. The van der Waals surface area contributed by atoms with Crippen molar-refractivity contribution in [2.75, 3.05) is 5.43 Å². The second-order valence-electron chi connectivity index (χ2n) is 4.31. The van der Waals surface area contributed by atoms with Gasteiger partial charge in [-0.25, -0.2) is 9.47 Å². The molecule has 20 heavy (non-hydrogen) atoms. The molecule has 0 saturated carbocycles. The van der Waals surface area contributed by atoms with Crippen LogP contribution in [0.5, 0.6) is 0 Å². The molecule has 0 aliphatic carbocycles. The van der Waals surface area contributed by atoms with E-state index in [0.717, 1.165) is 11.3 Å². The fraction of sp³-hybridized carbons (Fsp3) is 0.214. The molecule has 0 fully saturated rings. The smallest absolute Gasteiger partial charge is 0.290 e. The van der Waals surface area contributed by atoms with Crippen molar-refractivity contribution in [3.05, 3.63) is 61.9 Å². The number of aromatic amines is 1. The minimum Gasteiger partial charge on any atom is -0.290 e. The standard InChI is InChI=1S/C14H14N4O2/c1-3-12-10(8-15)13(19)16-14(20)18(12)17-11-7-5-4-6-9(11)2/h4-7,17H,3H2,1-2H3,(H,16,19,20). The van der Waals surface area contributed by atoms with Crippen molar-refractivity contribution in [3.8, 4) is 6.07 Å². The van der Waals surface area contributed by atoms with E-state index in [1.165, 1.54) is 4.68 Å². The van der Waals surface area contributed by atoms with Gasteiger partial charge in [0.15, 0.2) is 0 Å². The highest BCUT2D eigenvalue weighted by Crippen LogP contribution is 2.13. The number of hydrogen-bond donors (Lipinski definition) is 2. The van der Waals surface area contributed by atoms with E-state index in [1.807, 2.05) is 37.3 Å². The molecule has 0 saturated heterocycles. The highest BCUT2D eigenvalue weighted by atomic mass is 16.2. The Kier molecular flexibility index (Phi) is 3.71. The Morgan fingerprint density at radius 1 is 1.35 bits per heavy atom. The zero-order chi connectivity index (χ0) is 14.7. The molecule has 0 aliphatic heterocycles. The third-order valence-electron chi connectivity index (χ3n) is 3.03. The van der Waals surface area contributed by atoms with E-state index in [2.05, 4.69) is 10.4 Å². The van der Waals surface area contributed by atoms with Gasteiger partial charge < -0.3 is 0 Å². The number of hydrogen-bond acceptors (Lipinski definition) is 4. The summed E-state index contributed by atoms with van der Waals surface area (Å²) in [6, 6.07) is 9.28. The maximum absolute atomic E-state index is 11.9. The van der Waals surface area contributed by atoms with Crippen molar-refractivity contribution in [1.82, 2.24) is 9.66 Å². The third kappa shape index (κ3) is 2.34. The Balaban J connectivity index is 2.64. The number of nitrogens with zero attached hydrogens (tertiary/aromatic N) is 2. The van der Waals surface area contributed by atoms with Gasteiger partial charge in [0.1, 0.15) is 11.6 Å². The summed E-state index contributed by atoms with van der Waals surface area (Å²) >= 11 is 0. The van der Waals surface area contributed by atoms with Gasteiger partial charge in [-0.2, -0.15) is 5.26 Å². The lowest BCUT2D eigenvalue weighted by Crippen LogP contribution is -2.38. The van der Waals surface area contributed by atoms with E-state index in [4.69, 9.17) is 5.26 Å². The van der Waals surface area contributed by atoms with Gasteiger partial charge in [-0.3, -0.25) is 15.2 Å². The van der Waals surface area contributed by atoms with Crippen LogP contribution < -0.4 is 16.7 Å². The summed E-state index contributed by atoms with van der Waals surface area (Å²) < 4.78 is 1.21. The molecule has 0 radical (unpaired) electrons. The van der Waals surface area contributed by atoms with E-state index >= 15 is 0 Å². The van der Waals surface area contributed by atoms with Gasteiger partial charge in [-0.15, -0.1) is 0 Å². The maximum Gasteiger partial charge on any atom is 0.347 e. The first kappa shape index (κ1) is 13.6. The molecule has 0 bridgehead atoms. The number of H-pyrrole nitrogens is 1. The molecule has 1 heterocycles. The molecular weight excluding hydrogens is 256 g/mol. The van der Waals surface area contributed by atoms with Gasteiger partial charge in [0.25, 0.3) is 5.56 Å². The van der Waals surface area contributed by atoms with Crippen molar-refractivity contribution in [2.24, 2.45) is 0 Å². The second-order valence-corrected chi connectivity index (χ2v) is 4.31. The molecule has 0 unspecified atom stereocenters. The number of para-hydroxylation sites is 1. The number of rotatable bonds is 3. The number of aromatic nitrogens is 2. The van der Waals surface area contributed by atoms with E-state index < -0.39 is 11.2 Å². The SMILES string of the molecule is CCc1c(C#N)c(=O)[nH]c(=O)n1Nc1ccccc1C. The van der Waals surface area contributed by atoms with E-state index in [1.54, 1.807) is 6.92 Å². The maximum atomic E-state index is 11.9. The van der Waals surface area contributed by atoms with Crippen molar-refractivity contribution >= 4 is 5.69 Å². The van der Waals surface area contributed by atoms with E-state index in [-0.39, 0.29) is 5.56 Å². The van der Waals surface area contributed by atoms with Crippen molar-refractivity contribution in [2.45, 2.75) is 20.3 Å². The first-order valence-corrected chi connectivity index (χ1v) is 6.19. The second kappa shape index (κ2) is 5.45. The van der Waals surface area contributed by atoms with Crippen LogP contribution in [0.4, 0.5) is 5.69 Å². The van der Waals surface area contributed by atoms with Gasteiger partial charge in [0.2, 0.25) is 0 Å². The average molecular weight is 270 g/mol. The number of anilines is 1. The highest BCUT2D eigenvalue weighted by Gasteiger charge is 2.13. The number of aryl methyl sites for hydroxylation is 1. The fourth-order valence-electron chi connectivity index (χ4n) is 1.97. The fourth-order valence-corrected chi connectivity index (χ4v) is 1.97. The van der Waals surface area contributed by atoms with Crippen LogP contribution in [0.3, 0.4) is 0 Å². The molecule has 2 rings (SSSR count). The van der Waals surface area contributed by atoms with Crippen LogP contribution in [0, 0.1) is 18.3 Å². The summed E-state index contributed by atoms with van der Waals surface area (Å²) in [5.74, 6) is 0. The summed E-state index contributed by atoms with van der Waals surface area (Å²) in [7, 11) is 0. The lowest BCUT2D eigenvalue weighted by molar-refractivity contribution is 0.758. The molecular formula is C14H14N4O2. The third-order valence-corrected chi connectivity index (χ3v) is 3.03. The van der Waals surface area contributed by atoms with Gasteiger partial charge in [-0.05, 0) is 25.0 Å². The van der Waals surface area contributed by atoms with Crippen LogP contribution in [-0.2, 0) is 6.42 Å². The zero-order valence-electron chi connectivity index (χ0n) is 11.2. The topological polar surface area (TPSA) is 90.7 Å². The molecule has 0 atom stereocenters. The Bertz CT molecular complexity index is 796. The van der Waals surface area contributed by atoms with Crippen LogP contribution in [0.2, 0.25) is 0 Å². The van der Waals surface area contributed by atoms with Crippen LogP contribution >= 0.6 is 0 Å². The van der Waals surface area contributed by atoms with Gasteiger partial charge >= 0.3 is 5.69 Å². The van der Waals surface area contributed by atoms with Crippen LogP contribution in [-0.4, -0.2) is 9.66 Å². The van der Waals surface area contributed by atoms with Gasteiger partial charge in [0, 0.05) is 0 Å². The molecule has 1 aromatic carbocycles. The minimum absolute atomic E-state index is 0.0480. The molecule has 102 valence electrons. The normalized spacial score (nSPS) is 10.1. The van der Waals surface area contributed by atoms with Crippen LogP contribution in [0.15, 0.2) is 33.9 Å². The van der Waals surface area contributed by atoms with Gasteiger partial charge in [-0.1, -0.05) is 25.1 Å².